The third-order valence-electron chi connectivity index (χ3n) is 3.42. The van der Waals surface area contributed by atoms with E-state index >= 15 is 0 Å². The molecule has 0 radical (unpaired) electrons. The van der Waals surface area contributed by atoms with Crippen molar-refractivity contribution >= 4 is 5.91 Å². The summed E-state index contributed by atoms with van der Waals surface area (Å²) >= 11 is 0. The van der Waals surface area contributed by atoms with Crippen LogP contribution in [-0.2, 0) is 9.53 Å². The lowest BCUT2D eigenvalue weighted by Crippen LogP contribution is -2.41. The highest BCUT2D eigenvalue weighted by Crippen LogP contribution is 2.30. The number of nitrogens with zero attached hydrogens (tertiary/aromatic N) is 1. The summed E-state index contributed by atoms with van der Waals surface area (Å²) < 4.78 is 5.62. The molecule has 1 aliphatic carbocycles. The summed E-state index contributed by atoms with van der Waals surface area (Å²) in [5.41, 5.74) is 5.54. The Morgan fingerprint density at radius 1 is 1.41 bits per heavy atom. The third kappa shape index (κ3) is 3.21. The zero-order chi connectivity index (χ0) is 12.3. The molecule has 0 aromatic heterocycles. The quantitative estimate of drug-likeness (QED) is 0.701. The van der Waals surface area contributed by atoms with Crippen molar-refractivity contribution in [3.63, 3.8) is 0 Å². The molecule has 0 spiro atoms. The number of hydrogen-bond acceptors (Lipinski definition) is 3. The second kappa shape index (κ2) is 5.52. The minimum atomic E-state index is -0.323. The van der Waals surface area contributed by atoms with E-state index in [2.05, 4.69) is 5.92 Å². The maximum absolute atomic E-state index is 12.2. The fourth-order valence-corrected chi connectivity index (χ4v) is 2.22. The molecule has 2 fully saturated rings. The van der Waals surface area contributed by atoms with Crippen molar-refractivity contribution < 1.29 is 9.53 Å². The Bertz CT molecular complexity index is 320. The fourth-order valence-electron chi connectivity index (χ4n) is 2.22. The highest BCUT2D eigenvalue weighted by molar-refractivity contribution is 5.81. The molecule has 0 aromatic rings. The molecule has 2 N–H and O–H groups in total. The lowest BCUT2D eigenvalue weighted by molar-refractivity contribution is -0.142. The highest BCUT2D eigenvalue weighted by atomic mass is 16.5. The molecule has 4 nitrogen and oxygen atoms in total. The second-order valence-electron chi connectivity index (χ2n) is 4.93. The largest absolute Gasteiger partial charge is 0.364 e. The van der Waals surface area contributed by atoms with E-state index in [1.54, 1.807) is 4.90 Å². The molecular weight excluding hydrogens is 216 g/mol. The smallest absolute Gasteiger partial charge is 0.252 e. The van der Waals surface area contributed by atoms with E-state index in [1.807, 2.05) is 0 Å². The number of ether oxygens (including phenoxy) is 1. The molecule has 1 saturated carbocycles. The van der Waals surface area contributed by atoms with Crippen LogP contribution in [0.25, 0.3) is 0 Å². The number of terminal acetylenes is 1. The molecular formula is C13H20N2O2. The van der Waals surface area contributed by atoms with Gasteiger partial charge >= 0.3 is 0 Å². The Morgan fingerprint density at radius 2 is 2.18 bits per heavy atom. The van der Waals surface area contributed by atoms with Crippen LogP contribution in [-0.4, -0.2) is 42.6 Å². The number of carbonyl (C=O) groups excluding carboxylic acids is 1. The average molecular weight is 236 g/mol. The molecule has 17 heavy (non-hydrogen) atoms. The second-order valence-corrected chi connectivity index (χ2v) is 4.93. The van der Waals surface area contributed by atoms with Crippen LogP contribution in [0.2, 0.25) is 0 Å². The van der Waals surface area contributed by atoms with Gasteiger partial charge in [0.15, 0.2) is 0 Å². The van der Waals surface area contributed by atoms with E-state index in [0.717, 1.165) is 19.4 Å². The number of rotatable bonds is 5. The number of carbonyl (C=O) groups is 1. The average Bonchev–Trinajstić information content (AvgIpc) is 3.02. The first-order valence-electron chi connectivity index (χ1n) is 6.32. The molecule has 1 amide bonds. The molecule has 1 aliphatic heterocycles. The van der Waals surface area contributed by atoms with Crippen molar-refractivity contribution in [2.24, 2.45) is 11.7 Å². The maximum Gasteiger partial charge on any atom is 0.252 e. The van der Waals surface area contributed by atoms with Crippen LogP contribution in [0.3, 0.4) is 0 Å². The summed E-state index contributed by atoms with van der Waals surface area (Å²) in [5, 5.41) is 0. The van der Waals surface area contributed by atoms with E-state index in [9.17, 15) is 4.79 Å². The lowest BCUT2D eigenvalue weighted by atomic mass is 10.1. The van der Waals surface area contributed by atoms with E-state index < -0.39 is 0 Å². The van der Waals surface area contributed by atoms with Gasteiger partial charge in [-0.05, 0) is 31.6 Å². The molecule has 2 atom stereocenters. The Labute approximate surface area is 102 Å². The van der Waals surface area contributed by atoms with Gasteiger partial charge in [0.1, 0.15) is 6.10 Å². The summed E-state index contributed by atoms with van der Waals surface area (Å²) in [5.74, 6) is 3.25. The van der Waals surface area contributed by atoms with Crippen molar-refractivity contribution in [3.8, 4) is 12.3 Å². The monoisotopic (exact) mass is 236 g/mol. The minimum absolute atomic E-state index is 0.0394. The van der Waals surface area contributed by atoms with Crippen molar-refractivity contribution in [1.29, 1.82) is 0 Å². The zero-order valence-corrected chi connectivity index (χ0v) is 10.1. The molecule has 94 valence electrons. The molecule has 2 rings (SSSR count). The van der Waals surface area contributed by atoms with Gasteiger partial charge in [-0.3, -0.25) is 4.79 Å². The predicted molar refractivity (Wildman–Crippen MR) is 65.1 cm³/mol. The van der Waals surface area contributed by atoms with Crippen LogP contribution in [0, 0.1) is 18.3 Å². The lowest BCUT2D eigenvalue weighted by Gasteiger charge is -2.23. The van der Waals surface area contributed by atoms with E-state index in [4.69, 9.17) is 16.9 Å². The van der Waals surface area contributed by atoms with Gasteiger partial charge in [0.05, 0.1) is 12.6 Å². The topological polar surface area (TPSA) is 55.6 Å². The summed E-state index contributed by atoms with van der Waals surface area (Å²) in [6, 6.07) is 0. The third-order valence-corrected chi connectivity index (χ3v) is 3.42. The Balaban J connectivity index is 1.89. The van der Waals surface area contributed by atoms with Gasteiger partial charge in [-0.25, -0.2) is 0 Å². The van der Waals surface area contributed by atoms with Crippen molar-refractivity contribution in [3.05, 3.63) is 0 Å². The van der Waals surface area contributed by atoms with Crippen LogP contribution in [0.4, 0.5) is 0 Å². The van der Waals surface area contributed by atoms with Crippen molar-refractivity contribution in [2.45, 2.75) is 37.9 Å². The number of hydrogen-bond donors (Lipinski definition) is 1. The van der Waals surface area contributed by atoms with Gasteiger partial charge in [0.2, 0.25) is 0 Å². The summed E-state index contributed by atoms with van der Waals surface area (Å²) in [4.78, 5) is 14.0. The van der Waals surface area contributed by atoms with Gasteiger partial charge in [-0.15, -0.1) is 6.42 Å². The normalized spacial score (nSPS) is 27.8. The summed E-state index contributed by atoms with van der Waals surface area (Å²) in [6.45, 7) is 1.67. The number of amides is 1. The van der Waals surface area contributed by atoms with Crippen LogP contribution in [0.1, 0.15) is 25.7 Å². The van der Waals surface area contributed by atoms with Gasteiger partial charge in [0.25, 0.3) is 5.91 Å². The van der Waals surface area contributed by atoms with Crippen molar-refractivity contribution in [2.75, 3.05) is 19.6 Å². The first-order chi connectivity index (χ1) is 8.24. The standard InChI is InChI=1S/C13H20N2O2/c1-2-7-15(9-10-3-4-10)13(16)12-6-5-11(8-14)17-12/h1,10-12H,3-9,14H2. The molecule has 2 aliphatic rings. The molecule has 4 heteroatoms. The van der Waals surface area contributed by atoms with Crippen molar-refractivity contribution in [1.82, 2.24) is 4.90 Å². The summed E-state index contributed by atoms with van der Waals surface area (Å²) in [6.07, 6.45) is 9.10. The Kier molecular flexibility index (Phi) is 4.03. The SMILES string of the molecule is C#CCN(CC1CC1)C(=O)C1CCC(CN)O1. The fraction of sp³-hybridized carbons (Fsp3) is 0.769. The highest BCUT2D eigenvalue weighted by Gasteiger charge is 2.34. The van der Waals surface area contributed by atoms with E-state index in [1.165, 1.54) is 12.8 Å². The van der Waals surface area contributed by atoms with Crippen LogP contribution in [0.5, 0.6) is 0 Å². The minimum Gasteiger partial charge on any atom is -0.364 e. The maximum atomic E-state index is 12.2. The molecule has 0 aromatic carbocycles. The molecule has 1 saturated heterocycles. The first kappa shape index (κ1) is 12.4. The Hall–Kier alpha value is -1.05. The zero-order valence-electron chi connectivity index (χ0n) is 10.1. The van der Waals surface area contributed by atoms with Gasteiger partial charge in [-0.1, -0.05) is 5.92 Å². The van der Waals surface area contributed by atoms with Gasteiger partial charge in [-0.2, -0.15) is 0 Å². The molecule has 1 heterocycles. The van der Waals surface area contributed by atoms with Crippen LogP contribution in [0.15, 0.2) is 0 Å². The number of nitrogens with two attached hydrogens (primary N) is 1. The molecule has 0 bridgehead atoms. The van der Waals surface area contributed by atoms with Gasteiger partial charge < -0.3 is 15.4 Å². The van der Waals surface area contributed by atoms with Crippen LogP contribution < -0.4 is 5.73 Å². The molecule has 2 unspecified atom stereocenters. The predicted octanol–water partition coefficient (Wildman–Crippen LogP) is 0.364. The van der Waals surface area contributed by atoms with E-state index in [-0.39, 0.29) is 18.1 Å². The van der Waals surface area contributed by atoms with Crippen LogP contribution >= 0.6 is 0 Å². The van der Waals surface area contributed by atoms with Gasteiger partial charge in [0, 0.05) is 13.1 Å². The first-order valence-corrected chi connectivity index (χ1v) is 6.32. The summed E-state index contributed by atoms with van der Waals surface area (Å²) in [7, 11) is 0. The van der Waals surface area contributed by atoms with E-state index in [0.29, 0.717) is 19.0 Å². The Morgan fingerprint density at radius 3 is 2.71 bits per heavy atom.